The number of fused-ring (bicyclic) bond motifs is 1. The highest BCUT2D eigenvalue weighted by atomic mass is 32.1. The maximum Gasteiger partial charge on any atom is 0.341 e. The number of urea groups is 1. The first-order chi connectivity index (χ1) is 14.8. The number of thiophene rings is 1. The molecule has 0 unspecified atom stereocenters. The number of ether oxygens (including phenoxy) is 1. The second-order valence-corrected chi connectivity index (χ2v) is 10.6. The Bertz CT molecular complexity index is 937. The average Bonchev–Trinajstić information content (AvgIpc) is 3.08. The monoisotopic (exact) mass is 443 g/mol. The summed E-state index contributed by atoms with van der Waals surface area (Å²) in [6.45, 7) is 8.06. The van der Waals surface area contributed by atoms with Gasteiger partial charge in [-0.1, -0.05) is 11.6 Å². The molecule has 1 aromatic rings. The number of aryl methyl sites for hydroxylation is 1. The maximum atomic E-state index is 12.9. The molecule has 0 saturated carbocycles. The molecule has 2 aliphatic carbocycles. The first-order valence-corrected chi connectivity index (χ1v) is 12.2. The number of amides is 2. The van der Waals surface area contributed by atoms with Gasteiger partial charge in [0, 0.05) is 18.0 Å². The molecule has 0 saturated heterocycles. The maximum absolute atomic E-state index is 12.9. The van der Waals surface area contributed by atoms with Crippen LogP contribution in [0.3, 0.4) is 0 Å². The molecule has 4 rings (SSSR count). The van der Waals surface area contributed by atoms with Crippen LogP contribution in [0.15, 0.2) is 22.8 Å². The summed E-state index contributed by atoms with van der Waals surface area (Å²) in [7, 11) is 0. The molecule has 2 amide bonds. The van der Waals surface area contributed by atoms with Crippen LogP contribution in [0.25, 0.3) is 0 Å². The second kappa shape index (κ2) is 9.17. The van der Waals surface area contributed by atoms with Gasteiger partial charge >= 0.3 is 12.0 Å². The van der Waals surface area contributed by atoms with Crippen LogP contribution in [0.2, 0.25) is 0 Å². The lowest BCUT2D eigenvalue weighted by molar-refractivity contribution is 0.00699. The molecule has 0 bridgehead atoms. The fraction of sp³-hybridized carbons (Fsp3) is 0.583. The summed E-state index contributed by atoms with van der Waals surface area (Å²) >= 11 is 1.52. The van der Waals surface area contributed by atoms with Crippen LogP contribution in [0.1, 0.15) is 73.7 Å². The van der Waals surface area contributed by atoms with Gasteiger partial charge in [0.2, 0.25) is 0 Å². The third-order valence-electron chi connectivity index (χ3n) is 5.98. The average molecular weight is 444 g/mol. The molecule has 168 valence electrons. The van der Waals surface area contributed by atoms with Gasteiger partial charge in [-0.25, -0.2) is 9.59 Å². The Kier molecular flexibility index (Phi) is 6.53. The summed E-state index contributed by atoms with van der Waals surface area (Å²) in [6.07, 6.45) is 9.40. The molecule has 0 atom stereocenters. The summed E-state index contributed by atoms with van der Waals surface area (Å²) in [5, 5.41) is 10.0. The lowest BCUT2D eigenvalue weighted by Gasteiger charge is -2.27. The van der Waals surface area contributed by atoms with Crippen LogP contribution in [0, 0.1) is 0 Å². The molecule has 0 spiro atoms. The normalized spacial score (nSPS) is 18.6. The summed E-state index contributed by atoms with van der Waals surface area (Å²) in [5.41, 5.74) is 5.14. The van der Waals surface area contributed by atoms with Gasteiger partial charge in [0.15, 0.2) is 0 Å². The van der Waals surface area contributed by atoms with Gasteiger partial charge in [-0.2, -0.15) is 0 Å². The second-order valence-electron chi connectivity index (χ2n) is 9.50. The van der Waals surface area contributed by atoms with Crippen LogP contribution >= 0.6 is 11.3 Å². The Morgan fingerprint density at radius 3 is 2.77 bits per heavy atom. The molecule has 0 radical (unpaired) electrons. The van der Waals surface area contributed by atoms with Crippen molar-refractivity contribution in [2.24, 2.45) is 0 Å². The highest BCUT2D eigenvalue weighted by Gasteiger charge is 2.30. The van der Waals surface area contributed by atoms with E-state index in [1.54, 1.807) is 0 Å². The van der Waals surface area contributed by atoms with Gasteiger partial charge < -0.3 is 15.4 Å². The van der Waals surface area contributed by atoms with E-state index in [2.05, 4.69) is 22.0 Å². The number of rotatable bonds is 4. The molecule has 6 nitrogen and oxygen atoms in total. The largest absolute Gasteiger partial charge is 0.456 e. The Hall–Kier alpha value is -2.12. The minimum atomic E-state index is -0.576. The summed E-state index contributed by atoms with van der Waals surface area (Å²) in [6, 6.07) is -0.272. The van der Waals surface area contributed by atoms with Crippen molar-refractivity contribution in [2.75, 3.05) is 25.0 Å². The standard InChI is InChI=1S/C24H33N3O3S/c1-24(2,3)30-22(28)20-18-9-4-5-10-19(18)31-21(20)27-23(29)26-14-16-8-6-7-15-13-25-12-11-17(15)16/h8,25H,4-7,9-14H2,1-3H3,(H2,26,27,29). The van der Waals surface area contributed by atoms with Crippen LogP contribution in [-0.2, 0) is 17.6 Å². The van der Waals surface area contributed by atoms with Crippen molar-refractivity contribution in [1.29, 1.82) is 0 Å². The molecule has 0 aromatic carbocycles. The fourth-order valence-corrected chi connectivity index (χ4v) is 5.88. The molecular formula is C24H33N3O3S. The zero-order valence-corrected chi connectivity index (χ0v) is 19.6. The molecule has 1 aliphatic heterocycles. The summed E-state index contributed by atoms with van der Waals surface area (Å²) in [5.74, 6) is -0.346. The van der Waals surface area contributed by atoms with Crippen molar-refractivity contribution in [2.45, 2.75) is 71.3 Å². The summed E-state index contributed by atoms with van der Waals surface area (Å²) in [4.78, 5) is 26.9. The van der Waals surface area contributed by atoms with Crippen molar-refractivity contribution in [3.63, 3.8) is 0 Å². The van der Waals surface area contributed by atoms with E-state index in [0.717, 1.165) is 63.6 Å². The van der Waals surface area contributed by atoms with Gasteiger partial charge in [-0.15, -0.1) is 11.3 Å². The zero-order chi connectivity index (χ0) is 22.0. The van der Waals surface area contributed by atoms with Crippen LogP contribution in [0.5, 0.6) is 0 Å². The van der Waals surface area contributed by atoms with E-state index in [9.17, 15) is 9.59 Å². The highest BCUT2D eigenvalue weighted by Crippen LogP contribution is 2.39. The van der Waals surface area contributed by atoms with E-state index in [1.807, 2.05) is 20.8 Å². The molecular weight excluding hydrogens is 410 g/mol. The Morgan fingerprint density at radius 2 is 1.97 bits per heavy atom. The quantitative estimate of drug-likeness (QED) is 0.589. The van der Waals surface area contributed by atoms with E-state index in [-0.39, 0.29) is 12.0 Å². The predicted molar refractivity (Wildman–Crippen MR) is 125 cm³/mol. The van der Waals surface area contributed by atoms with Gasteiger partial charge in [-0.05, 0) is 89.0 Å². The van der Waals surface area contributed by atoms with Crippen molar-refractivity contribution in [3.05, 3.63) is 38.8 Å². The lowest BCUT2D eigenvalue weighted by atomic mass is 9.87. The SMILES string of the molecule is CC(C)(C)OC(=O)c1c(NC(=O)NCC2=CCCC3=C2CCNC3)sc2c1CCCC2. The Labute approximate surface area is 188 Å². The van der Waals surface area contributed by atoms with Crippen LogP contribution in [-0.4, -0.2) is 37.2 Å². The Morgan fingerprint density at radius 1 is 1.16 bits per heavy atom. The van der Waals surface area contributed by atoms with Gasteiger partial charge in [0.05, 0.1) is 5.56 Å². The smallest absolute Gasteiger partial charge is 0.341 e. The number of nitrogens with one attached hydrogen (secondary N) is 3. The number of carbonyl (C=O) groups excluding carboxylic acids is 2. The first kappa shape index (κ1) is 22.1. The van der Waals surface area contributed by atoms with Gasteiger partial charge in [0.1, 0.15) is 10.6 Å². The van der Waals surface area contributed by atoms with E-state index in [1.165, 1.54) is 32.9 Å². The third kappa shape index (κ3) is 5.21. The molecule has 31 heavy (non-hydrogen) atoms. The van der Waals surface area contributed by atoms with E-state index >= 15 is 0 Å². The van der Waals surface area contributed by atoms with Crippen LogP contribution < -0.4 is 16.0 Å². The molecule has 1 aromatic heterocycles. The first-order valence-electron chi connectivity index (χ1n) is 11.4. The van der Waals surface area contributed by atoms with Crippen molar-refractivity contribution < 1.29 is 14.3 Å². The number of esters is 1. The predicted octanol–water partition coefficient (Wildman–Crippen LogP) is 4.71. The number of carbonyl (C=O) groups is 2. The third-order valence-corrected chi connectivity index (χ3v) is 7.19. The molecule has 3 aliphatic rings. The highest BCUT2D eigenvalue weighted by molar-refractivity contribution is 7.17. The van der Waals surface area contributed by atoms with Gasteiger partial charge in [-0.3, -0.25) is 5.32 Å². The minimum Gasteiger partial charge on any atom is -0.456 e. The van der Waals surface area contributed by atoms with E-state index in [0.29, 0.717) is 17.1 Å². The number of hydrogen-bond acceptors (Lipinski definition) is 5. The molecule has 0 fully saturated rings. The molecule has 7 heteroatoms. The van der Waals surface area contributed by atoms with Gasteiger partial charge in [0.25, 0.3) is 0 Å². The molecule has 2 heterocycles. The zero-order valence-electron chi connectivity index (χ0n) is 18.8. The number of allylic oxidation sites excluding steroid dienone is 1. The minimum absolute atomic E-state index is 0.272. The topological polar surface area (TPSA) is 79.5 Å². The number of hydrogen-bond donors (Lipinski definition) is 3. The van der Waals surface area contributed by atoms with Crippen LogP contribution in [0.4, 0.5) is 9.80 Å². The number of anilines is 1. The lowest BCUT2D eigenvalue weighted by Crippen LogP contribution is -2.33. The van der Waals surface area contributed by atoms with Crippen molar-refractivity contribution in [3.8, 4) is 0 Å². The Balaban J connectivity index is 1.47. The van der Waals surface area contributed by atoms with E-state index < -0.39 is 5.60 Å². The van der Waals surface area contributed by atoms with Crippen molar-refractivity contribution in [1.82, 2.24) is 10.6 Å². The fourth-order valence-electron chi connectivity index (χ4n) is 4.61. The summed E-state index contributed by atoms with van der Waals surface area (Å²) < 4.78 is 5.66. The van der Waals surface area contributed by atoms with E-state index in [4.69, 9.17) is 4.74 Å². The molecule has 3 N–H and O–H groups in total. The van der Waals surface area contributed by atoms with Crippen molar-refractivity contribution >= 4 is 28.3 Å².